The Bertz CT molecular complexity index is 739. The summed E-state index contributed by atoms with van der Waals surface area (Å²) in [5.41, 5.74) is 5.52. The summed E-state index contributed by atoms with van der Waals surface area (Å²) in [6.45, 7) is 3.69. The van der Waals surface area contributed by atoms with Crippen LogP contribution in [0.25, 0.3) is 0 Å². The van der Waals surface area contributed by atoms with Crippen molar-refractivity contribution in [2.45, 2.75) is 13.8 Å². The number of amides is 1. The van der Waals surface area contributed by atoms with Crippen molar-refractivity contribution < 1.29 is 14.3 Å². The first-order valence-corrected chi connectivity index (χ1v) is 7.19. The number of nitrogens with one attached hydrogen (secondary N) is 1. The summed E-state index contributed by atoms with van der Waals surface area (Å²) in [6, 6.07) is 12.8. The van der Waals surface area contributed by atoms with Crippen LogP contribution >= 0.6 is 0 Å². The second kappa shape index (κ2) is 7.45. The van der Waals surface area contributed by atoms with Crippen molar-refractivity contribution in [2.24, 2.45) is 5.10 Å². The van der Waals surface area contributed by atoms with Crippen LogP contribution in [0.4, 0.5) is 0 Å². The number of nitrogens with zero attached hydrogens (tertiary/aromatic N) is 1. The fourth-order valence-electron chi connectivity index (χ4n) is 2.18. The second-order valence-corrected chi connectivity index (χ2v) is 5.02. The number of ether oxygens (including phenoxy) is 2. The van der Waals surface area contributed by atoms with Gasteiger partial charge in [0.05, 0.1) is 19.9 Å². The number of aryl methyl sites for hydroxylation is 1. The highest BCUT2D eigenvalue weighted by atomic mass is 16.5. The highest BCUT2D eigenvalue weighted by Gasteiger charge is 2.10. The normalized spacial score (nSPS) is 11.0. The molecule has 0 aromatic heterocycles. The van der Waals surface area contributed by atoms with Crippen LogP contribution in [0, 0.1) is 6.92 Å². The van der Waals surface area contributed by atoms with Gasteiger partial charge < -0.3 is 9.47 Å². The van der Waals surface area contributed by atoms with Gasteiger partial charge in [0.15, 0.2) is 0 Å². The topological polar surface area (TPSA) is 59.9 Å². The molecule has 0 aliphatic carbocycles. The molecule has 5 heteroatoms. The van der Waals surface area contributed by atoms with Crippen LogP contribution in [-0.2, 0) is 0 Å². The van der Waals surface area contributed by atoms with Crippen LogP contribution in [0.1, 0.15) is 28.4 Å². The number of hydrogen-bond donors (Lipinski definition) is 1. The Morgan fingerprint density at radius 3 is 2.43 bits per heavy atom. The number of methoxy groups -OCH3 is 2. The molecule has 2 rings (SSSR count). The first-order valence-electron chi connectivity index (χ1n) is 7.19. The van der Waals surface area contributed by atoms with Crippen LogP contribution in [0.15, 0.2) is 47.6 Å². The van der Waals surface area contributed by atoms with Crippen molar-refractivity contribution in [1.82, 2.24) is 5.43 Å². The smallest absolute Gasteiger partial charge is 0.271 e. The fourth-order valence-corrected chi connectivity index (χ4v) is 2.18. The Morgan fingerprint density at radius 1 is 1.04 bits per heavy atom. The molecule has 0 radical (unpaired) electrons. The van der Waals surface area contributed by atoms with E-state index in [2.05, 4.69) is 10.5 Å². The van der Waals surface area contributed by atoms with Crippen molar-refractivity contribution in [3.05, 3.63) is 59.2 Å². The van der Waals surface area contributed by atoms with Gasteiger partial charge in [0.2, 0.25) is 0 Å². The lowest BCUT2D eigenvalue weighted by Crippen LogP contribution is -2.20. The average Bonchev–Trinajstić information content (AvgIpc) is 2.59. The summed E-state index contributed by atoms with van der Waals surface area (Å²) >= 11 is 0. The maximum Gasteiger partial charge on any atom is 0.271 e. The lowest BCUT2D eigenvalue weighted by molar-refractivity contribution is 0.0954. The summed E-state index contributed by atoms with van der Waals surface area (Å²) in [4.78, 5) is 12.2. The molecule has 120 valence electrons. The van der Waals surface area contributed by atoms with Crippen molar-refractivity contribution >= 4 is 11.6 Å². The molecule has 0 heterocycles. The molecule has 1 N–H and O–H groups in total. The maximum absolute atomic E-state index is 12.2. The SMILES string of the molecule is COc1ccc(/C(C)=N/NC(=O)c2ccccc2C)c(OC)c1. The molecule has 0 aliphatic heterocycles. The molecule has 1 amide bonds. The predicted octanol–water partition coefficient (Wildman–Crippen LogP) is 3.17. The van der Waals surface area contributed by atoms with Crippen molar-refractivity contribution in [3.8, 4) is 11.5 Å². The van der Waals surface area contributed by atoms with E-state index >= 15 is 0 Å². The van der Waals surface area contributed by atoms with Crippen molar-refractivity contribution in [2.75, 3.05) is 14.2 Å². The fraction of sp³-hybridized carbons (Fsp3) is 0.222. The zero-order valence-corrected chi connectivity index (χ0v) is 13.7. The molecule has 0 spiro atoms. The average molecular weight is 312 g/mol. The zero-order chi connectivity index (χ0) is 16.8. The van der Waals surface area contributed by atoms with Crippen LogP contribution in [0.3, 0.4) is 0 Å². The van der Waals surface area contributed by atoms with Gasteiger partial charge in [-0.2, -0.15) is 5.10 Å². The van der Waals surface area contributed by atoms with E-state index in [9.17, 15) is 4.79 Å². The number of hydrazone groups is 1. The van der Waals surface area contributed by atoms with Gasteiger partial charge in [0, 0.05) is 17.2 Å². The first kappa shape index (κ1) is 16.5. The highest BCUT2D eigenvalue weighted by Crippen LogP contribution is 2.25. The van der Waals surface area contributed by atoms with E-state index in [0.29, 0.717) is 22.8 Å². The molecule has 23 heavy (non-hydrogen) atoms. The molecule has 0 saturated carbocycles. The van der Waals surface area contributed by atoms with Gasteiger partial charge in [-0.3, -0.25) is 4.79 Å². The third-order valence-electron chi connectivity index (χ3n) is 3.51. The van der Waals surface area contributed by atoms with Gasteiger partial charge in [0.1, 0.15) is 11.5 Å². The van der Waals surface area contributed by atoms with Crippen LogP contribution in [0.5, 0.6) is 11.5 Å². The van der Waals surface area contributed by atoms with Gasteiger partial charge in [-0.15, -0.1) is 0 Å². The van der Waals surface area contributed by atoms with E-state index in [1.807, 2.05) is 44.2 Å². The second-order valence-electron chi connectivity index (χ2n) is 5.02. The summed E-state index contributed by atoms with van der Waals surface area (Å²) in [6.07, 6.45) is 0. The molecular formula is C18H20N2O3. The van der Waals surface area contributed by atoms with Crippen LogP contribution in [-0.4, -0.2) is 25.8 Å². The Balaban J connectivity index is 2.20. The first-order chi connectivity index (χ1) is 11.1. The standard InChI is InChI=1S/C18H20N2O3/c1-12-7-5-6-8-15(12)18(21)20-19-13(2)16-10-9-14(22-3)11-17(16)23-4/h5-11H,1-4H3,(H,20,21)/b19-13+. The molecule has 2 aromatic rings. The van der Waals surface area contributed by atoms with E-state index in [1.54, 1.807) is 26.4 Å². The Kier molecular flexibility index (Phi) is 5.36. The van der Waals surface area contributed by atoms with Gasteiger partial charge >= 0.3 is 0 Å². The molecule has 0 fully saturated rings. The van der Waals surface area contributed by atoms with E-state index in [4.69, 9.17) is 9.47 Å². The zero-order valence-electron chi connectivity index (χ0n) is 13.7. The minimum atomic E-state index is -0.241. The van der Waals surface area contributed by atoms with Crippen molar-refractivity contribution in [3.63, 3.8) is 0 Å². The summed E-state index contributed by atoms with van der Waals surface area (Å²) in [7, 11) is 3.18. The number of carbonyl (C=O) groups excluding carboxylic acids is 1. The molecule has 0 bridgehead atoms. The molecular weight excluding hydrogens is 292 g/mol. The minimum Gasteiger partial charge on any atom is -0.497 e. The van der Waals surface area contributed by atoms with Crippen LogP contribution in [0.2, 0.25) is 0 Å². The lowest BCUT2D eigenvalue weighted by Gasteiger charge is -2.10. The molecule has 0 unspecified atom stereocenters. The number of benzene rings is 2. The van der Waals surface area contributed by atoms with E-state index in [0.717, 1.165) is 11.1 Å². The molecule has 5 nitrogen and oxygen atoms in total. The third kappa shape index (κ3) is 3.88. The van der Waals surface area contributed by atoms with Gasteiger partial charge in [0.25, 0.3) is 5.91 Å². The third-order valence-corrected chi connectivity index (χ3v) is 3.51. The van der Waals surface area contributed by atoms with E-state index < -0.39 is 0 Å². The molecule has 0 atom stereocenters. The largest absolute Gasteiger partial charge is 0.497 e. The van der Waals surface area contributed by atoms with Crippen LogP contribution < -0.4 is 14.9 Å². The number of hydrogen-bond acceptors (Lipinski definition) is 4. The van der Waals surface area contributed by atoms with Gasteiger partial charge in [-0.1, -0.05) is 18.2 Å². The highest BCUT2D eigenvalue weighted by molar-refractivity contribution is 6.03. The van der Waals surface area contributed by atoms with Gasteiger partial charge in [-0.25, -0.2) is 5.43 Å². The monoisotopic (exact) mass is 312 g/mol. The number of rotatable bonds is 5. The summed E-state index contributed by atoms with van der Waals surface area (Å²) < 4.78 is 10.5. The molecule has 2 aromatic carbocycles. The van der Waals surface area contributed by atoms with Crippen molar-refractivity contribution in [1.29, 1.82) is 0 Å². The maximum atomic E-state index is 12.2. The summed E-state index contributed by atoms with van der Waals surface area (Å²) in [5, 5.41) is 4.17. The summed E-state index contributed by atoms with van der Waals surface area (Å²) in [5.74, 6) is 1.09. The minimum absolute atomic E-state index is 0.241. The quantitative estimate of drug-likeness (QED) is 0.681. The molecule has 0 saturated heterocycles. The lowest BCUT2D eigenvalue weighted by atomic mass is 10.1. The number of carbonyl (C=O) groups is 1. The predicted molar refractivity (Wildman–Crippen MR) is 90.4 cm³/mol. The Morgan fingerprint density at radius 2 is 1.78 bits per heavy atom. The van der Waals surface area contributed by atoms with Gasteiger partial charge in [-0.05, 0) is 37.6 Å². The Labute approximate surface area is 135 Å². The Hall–Kier alpha value is -2.82. The van der Waals surface area contributed by atoms with E-state index in [-0.39, 0.29) is 5.91 Å². The van der Waals surface area contributed by atoms with E-state index in [1.165, 1.54) is 0 Å². The molecule has 0 aliphatic rings.